The molecule has 3 atom stereocenters. The lowest BCUT2D eigenvalue weighted by Gasteiger charge is -2.35. The van der Waals surface area contributed by atoms with Crippen LogP contribution >= 0.6 is 0 Å². The SMILES string of the molecule is O=C1CC(C(=O)N2CCCCC2)[C@@H]2C(=O)N(c3ccccc3)C(=O)[C@@H]2C1. The van der Waals surface area contributed by atoms with Gasteiger partial charge in [-0.3, -0.25) is 24.1 Å². The van der Waals surface area contributed by atoms with E-state index in [1.807, 2.05) is 6.07 Å². The summed E-state index contributed by atoms with van der Waals surface area (Å²) >= 11 is 0. The molecule has 1 aliphatic carbocycles. The Bertz CT molecular complexity index is 754. The van der Waals surface area contributed by atoms with Crippen molar-refractivity contribution in [3.8, 4) is 0 Å². The van der Waals surface area contributed by atoms with Gasteiger partial charge in [0.2, 0.25) is 17.7 Å². The van der Waals surface area contributed by atoms with Crippen LogP contribution in [0.1, 0.15) is 32.1 Å². The highest BCUT2D eigenvalue weighted by Gasteiger charge is 2.56. The highest BCUT2D eigenvalue weighted by atomic mass is 16.2. The van der Waals surface area contributed by atoms with Crippen molar-refractivity contribution in [2.75, 3.05) is 18.0 Å². The molecule has 0 aromatic heterocycles. The Morgan fingerprint density at radius 2 is 1.58 bits per heavy atom. The number of hydrogen-bond donors (Lipinski definition) is 0. The number of hydrogen-bond acceptors (Lipinski definition) is 4. The number of anilines is 1. The highest BCUT2D eigenvalue weighted by molar-refractivity contribution is 6.24. The van der Waals surface area contributed by atoms with Gasteiger partial charge in [-0.2, -0.15) is 0 Å². The van der Waals surface area contributed by atoms with E-state index in [-0.39, 0.29) is 36.3 Å². The second kappa shape index (κ2) is 6.67. The molecule has 1 saturated carbocycles. The van der Waals surface area contributed by atoms with E-state index in [9.17, 15) is 19.2 Å². The molecule has 0 bridgehead atoms. The van der Waals surface area contributed by atoms with Gasteiger partial charge in [0.25, 0.3) is 0 Å². The van der Waals surface area contributed by atoms with Crippen molar-refractivity contribution in [2.45, 2.75) is 32.1 Å². The summed E-state index contributed by atoms with van der Waals surface area (Å²) in [7, 11) is 0. The number of likely N-dealkylation sites (tertiary alicyclic amines) is 1. The first-order valence-electron chi connectivity index (χ1n) is 9.31. The topological polar surface area (TPSA) is 74.8 Å². The molecular formula is C20H22N2O4. The molecule has 6 nitrogen and oxygen atoms in total. The monoisotopic (exact) mass is 354 g/mol. The molecule has 26 heavy (non-hydrogen) atoms. The number of ketones is 1. The highest BCUT2D eigenvalue weighted by Crippen LogP contribution is 2.43. The summed E-state index contributed by atoms with van der Waals surface area (Å²) < 4.78 is 0. The Kier molecular flexibility index (Phi) is 4.34. The standard InChI is InChI=1S/C20H22N2O4/c23-14-11-15(18(24)21-9-5-2-6-10-21)17-16(12-14)19(25)22(20(17)26)13-7-3-1-4-8-13/h1,3-4,7-8,15-17H,2,5-6,9-12H2/t15?,16-,17+/m1/s1. The molecule has 2 heterocycles. The zero-order chi connectivity index (χ0) is 18.3. The zero-order valence-corrected chi connectivity index (χ0v) is 14.6. The number of carbonyl (C=O) groups is 4. The molecule has 1 unspecified atom stereocenters. The molecule has 6 heteroatoms. The lowest BCUT2D eigenvalue weighted by atomic mass is 9.72. The number of nitrogens with zero attached hydrogens (tertiary/aromatic N) is 2. The fraction of sp³-hybridized carbons (Fsp3) is 0.500. The first-order chi connectivity index (χ1) is 12.6. The van der Waals surface area contributed by atoms with Crippen LogP contribution in [0.15, 0.2) is 30.3 Å². The van der Waals surface area contributed by atoms with Gasteiger partial charge in [0.1, 0.15) is 5.78 Å². The summed E-state index contributed by atoms with van der Waals surface area (Å²) in [6, 6.07) is 8.75. The van der Waals surface area contributed by atoms with Crippen LogP contribution in [0.5, 0.6) is 0 Å². The van der Waals surface area contributed by atoms with E-state index >= 15 is 0 Å². The smallest absolute Gasteiger partial charge is 0.238 e. The molecule has 0 N–H and O–H groups in total. The van der Waals surface area contributed by atoms with Gasteiger partial charge in [0, 0.05) is 25.9 Å². The molecule has 0 radical (unpaired) electrons. The number of amides is 3. The van der Waals surface area contributed by atoms with Crippen LogP contribution in [0.3, 0.4) is 0 Å². The minimum atomic E-state index is -0.713. The van der Waals surface area contributed by atoms with E-state index in [1.54, 1.807) is 29.2 Å². The molecule has 3 fully saturated rings. The summed E-state index contributed by atoms with van der Waals surface area (Å²) in [6.45, 7) is 1.34. The Hall–Kier alpha value is -2.50. The Labute approximate surface area is 152 Å². The molecule has 136 valence electrons. The third kappa shape index (κ3) is 2.73. The van der Waals surface area contributed by atoms with Crippen LogP contribution in [0.4, 0.5) is 5.69 Å². The zero-order valence-electron chi connectivity index (χ0n) is 14.6. The Balaban J connectivity index is 1.65. The first-order valence-corrected chi connectivity index (χ1v) is 9.31. The third-order valence-electron chi connectivity index (χ3n) is 5.80. The van der Waals surface area contributed by atoms with Crippen LogP contribution in [-0.2, 0) is 19.2 Å². The van der Waals surface area contributed by atoms with E-state index in [2.05, 4.69) is 0 Å². The molecule has 3 amide bonds. The van der Waals surface area contributed by atoms with Gasteiger partial charge in [-0.25, -0.2) is 0 Å². The van der Waals surface area contributed by atoms with Gasteiger partial charge in [0.15, 0.2) is 0 Å². The lowest BCUT2D eigenvalue weighted by molar-refractivity contribution is -0.147. The minimum Gasteiger partial charge on any atom is -0.342 e. The van der Waals surface area contributed by atoms with Gasteiger partial charge in [0.05, 0.1) is 23.4 Å². The average molecular weight is 354 g/mol. The van der Waals surface area contributed by atoms with E-state index in [0.717, 1.165) is 19.3 Å². The number of Topliss-reactive ketones (excluding diaryl/α,β-unsaturated/α-hetero) is 1. The fourth-order valence-corrected chi connectivity index (χ4v) is 4.54. The predicted molar refractivity (Wildman–Crippen MR) is 94.1 cm³/mol. The normalized spacial score (nSPS) is 29.1. The van der Waals surface area contributed by atoms with Crippen LogP contribution in [0, 0.1) is 17.8 Å². The number of para-hydroxylation sites is 1. The number of carbonyl (C=O) groups excluding carboxylic acids is 4. The average Bonchev–Trinajstić information content (AvgIpc) is 2.92. The first kappa shape index (κ1) is 16.9. The molecule has 1 aromatic carbocycles. The van der Waals surface area contributed by atoms with Gasteiger partial charge in [-0.05, 0) is 31.4 Å². The summed E-state index contributed by atoms with van der Waals surface area (Å²) in [5.74, 6) is -3.05. The maximum atomic E-state index is 13.1. The summed E-state index contributed by atoms with van der Waals surface area (Å²) in [4.78, 5) is 54.2. The molecule has 4 rings (SSSR count). The Morgan fingerprint density at radius 3 is 2.27 bits per heavy atom. The van der Waals surface area contributed by atoms with E-state index in [1.165, 1.54) is 4.90 Å². The minimum absolute atomic E-state index is 0.0579. The summed E-state index contributed by atoms with van der Waals surface area (Å²) in [5.41, 5.74) is 0.508. The maximum Gasteiger partial charge on any atom is 0.238 e. The molecule has 3 aliphatic rings. The third-order valence-corrected chi connectivity index (χ3v) is 5.80. The van der Waals surface area contributed by atoms with Crippen molar-refractivity contribution < 1.29 is 19.2 Å². The van der Waals surface area contributed by atoms with E-state index < -0.39 is 17.8 Å². The summed E-state index contributed by atoms with van der Waals surface area (Å²) in [6.07, 6.45) is 3.12. The van der Waals surface area contributed by atoms with Crippen molar-refractivity contribution >= 4 is 29.2 Å². The van der Waals surface area contributed by atoms with Crippen LogP contribution in [0.2, 0.25) is 0 Å². The lowest BCUT2D eigenvalue weighted by Crippen LogP contribution is -2.47. The van der Waals surface area contributed by atoms with Gasteiger partial charge >= 0.3 is 0 Å². The van der Waals surface area contributed by atoms with Crippen LogP contribution < -0.4 is 4.90 Å². The number of rotatable bonds is 2. The van der Waals surface area contributed by atoms with Crippen molar-refractivity contribution in [3.05, 3.63) is 30.3 Å². The Morgan fingerprint density at radius 1 is 0.885 bits per heavy atom. The van der Waals surface area contributed by atoms with Gasteiger partial charge in [-0.15, -0.1) is 0 Å². The van der Waals surface area contributed by atoms with Crippen molar-refractivity contribution in [2.24, 2.45) is 17.8 Å². The maximum absolute atomic E-state index is 13.1. The predicted octanol–water partition coefficient (Wildman–Crippen LogP) is 1.78. The molecule has 0 spiro atoms. The van der Waals surface area contributed by atoms with E-state index in [4.69, 9.17) is 0 Å². The quantitative estimate of drug-likeness (QED) is 0.759. The number of fused-ring (bicyclic) bond motifs is 1. The van der Waals surface area contributed by atoms with Crippen LogP contribution in [0.25, 0.3) is 0 Å². The number of imide groups is 1. The molecule has 1 aromatic rings. The largest absolute Gasteiger partial charge is 0.342 e. The number of benzene rings is 1. The van der Waals surface area contributed by atoms with Crippen LogP contribution in [-0.4, -0.2) is 41.5 Å². The molecule has 2 aliphatic heterocycles. The second-order valence-corrected chi connectivity index (χ2v) is 7.42. The van der Waals surface area contributed by atoms with Gasteiger partial charge < -0.3 is 4.90 Å². The second-order valence-electron chi connectivity index (χ2n) is 7.42. The fourth-order valence-electron chi connectivity index (χ4n) is 4.54. The van der Waals surface area contributed by atoms with E-state index in [0.29, 0.717) is 18.8 Å². The number of piperidine rings is 1. The summed E-state index contributed by atoms with van der Waals surface area (Å²) in [5, 5.41) is 0. The van der Waals surface area contributed by atoms with Crippen molar-refractivity contribution in [3.63, 3.8) is 0 Å². The van der Waals surface area contributed by atoms with Crippen molar-refractivity contribution in [1.29, 1.82) is 0 Å². The molecule has 2 saturated heterocycles. The molecular weight excluding hydrogens is 332 g/mol. The van der Waals surface area contributed by atoms with Crippen molar-refractivity contribution in [1.82, 2.24) is 4.90 Å². The van der Waals surface area contributed by atoms with Gasteiger partial charge in [-0.1, -0.05) is 18.2 Å².